The molecule has 29 heavy (non-hydrogen) atoms. The van der Waals surface area contributed by atoms with Gasteiger partial charge in [-0.3, -0.25) is 4.90 Å². The number of ether oxygens (including phenoxy) is 3. The molecule has 0 aliphatic carbocycles. The van der Waals surface area contributed by atoms with Crippen molar-refractivity contribution < 1.29 is 18.7 Å². The minimum Gasteiger partial charge on any atom is -0.496 e. The van der Waals surface area contributed by atoms with E-state index < -0.39 is 0 Å². The molecule has 1 aromatic carbocycles. The summed E-state index contributed by atoms with van der Waals surface area (Å²) < 4.78 is 22.0. The van der Waals surface area contributed by atoms with Gasteiger partial charge in [0.1, 0.15) is 5.75 Å². The van der Waals surface area contributed by atoms with E-state index in [1.165, 1.54) is 0 Å². The molecule has 0 aliphatic rings. The van der Waals surface area contributed by atoms with Crippen LogP contribution >= 0.6 is 0 Å². The number of hydrogen-bond acceptors (Lipinski definition) is 7. The Kier molecular flexibility index (Phi) is 7.90. The summed E-state index contributed by atoms with van der Waals surface area (Å²) in [6, 6.07) is 3.81. The molecule has 7 heteroatoms. The zero-order chi connectivity index (χ0) is 21.6. The molecule has 0 N–H and O–H groups in total. The number of rotatable bonds is 10. The highest BCUT2D eigenvalue weighted by Crippen LogP contribution is 2.36. The van der Waals surface area contributed by atoms with E-state index in [-0.39, 0.29) is 5.54 Å². The van der Waals surface area contributed by atoms with Crippen LogP contribution in [0.5, 0.6) is 17.2 Å². The number of aryl methyl sites for hydroxylation is 1. The van der Waals surface area contributed by atoms with Crippen molar-refractivity contribution in [3.8, 4) is 17.2 Å². The molecule has 2 aromatic rings. The summed E-state index contributed by atoms with van der Waals surface area (Å²) in [6.45, 7) is 12.1. The average molecular weight is 406 g/mol. The summed E-state index contributed by atoms with van der Waals surface area (Å²) in [6.07, 6.45) is 1.88. The van der Waals surface area contributed by atoms with Gasteiger partial charge >= 0.3 is 0 Å². The zero-order valence-corrected chi connectivity index (χ0v) is 19.0. The first-order valence-electron chi connectivity index (χ1n) is 10.0. The number of methoxy groups -OCH3 is 3. The maximum Gasteiger partial charge on any atom is 0.240 e. The molecule has 0 saturated heterocycles. The van der Waals surface area contributed by atoms with Gasteiger partial charge in [0.25, 0.3) is 0 Å². The molecule has 1 heterocycles. The molecule has 1 aromatic heterocycles. The predicted octanol–water partition coefficient (Wildman–Crippen LogP) is 4.48. The van der Waals surface area contributed by atoms with Crippen molar-refractivity contribution in [2.75, 3.05) is 21.3 Å². The van der Waals surface area contributed by atoms with Gasteiger partial charge in [-0.25, -0.2) is 0 Å². The standard InChI is InChI=1S/C22H35N3O4/c1-15(2)9-10-20-23-21(29-24-20)14-25(22(3,4)5)13-16-11-18(27-7)19(28-8)12-17(16)26-6/h11-12,15H,9-10,13-14H2,1-8H3. The topological polar surface area (TPSA) is 69.8 Å². The Labute approximate surface area is 174 Å². The van der Waals surface area contributed by atoms with Crippen LogP contribution in [0.1, 0.15) is 58.3 Å². The molecule has 0 aliphatic heterocycles. The van der Waals surface area contributed by atoms with E-state index in [1.807, 2.05) is 12.1 Å². The molecular formula is C22H35N3O4. The maximum absolute atomic E-state index is 5.60. The number of benzene rings is 1. The van der Waals surface area contributed by atoms with Gasteiger partial charge in [-0.15, -0.1) is 0 Å². The largest absolute Gasteiger partial charge is 0.496 e. The lowest BCUT2D eigenvalue weighted by molar-refractivity contribution is 0.102. The molecule has 0 bridgehead atoms. The molecule has 7 nitrogen and oxygen atoms in total. The molecular weight excluding hydrogens is 370 g/mol. The Bertz CT molecular complexity index is 781. The average Bonchev–Trinajstić information content (AvgIpc) is 3.12. The van der Waals surface area contributed by atoms with E-state index in [4.69, 9.17) is 18.7 Å². The van der Waals surface area contributed by atoms with Crippen molar-refractivity contribution >= 4 is 0 Å². The molecule has 162 valence electrons. The molecule has 0 radical (unpaired) electrons. The first-order chi connectivity index (χ1) is 13.7. The zero-order valence-electron chi connectivity index (χ0n) is 19.0. The van der Waals surface area contributed by atoms with Crippen LogP contribution in [0, 0.1) is 5.92 Å². The molecule has 0 spiro atoms. The minimum absolute atomic E-state index is 0.120. The van der Waals surface area contributed by atoms with E-state index in [0.29, 0.717) is 36.4 Å². The van der Waals surface area contributed by atoms with Crippen LogP contribution in [0.2, 0.25) is 0 Å². The van der Waals surface area contributed by atoms with Crippen molar-refractivity contribution in [2.45, 2.75) is 66.1 Å². The van der Waals surface area contributed by atoms with Crippen LogP contribution in [0.15, 0.2) is 16.7 Å². The van der Waals surface area contributed by atoms with Crippen molar-refractivity contribution in [3.05, 3.63) is 29.4 Å². The Hall–Kier alpha value is -2.28. The first kappa shape index (κ1) is 23.0. The van der Waals surface area contributed by atoms with Crippen LogP contribution in [-0.4, -0.2) is 41.9 Å². The lowest BCUT2D eigenvalue weighted by Gasteiger charge is -2.35. The Morgan fingerprint density at radius 1 is 0.966 bits per heavy atom. The van der Waals surface area contributed by atoms with Crippen LogP contribution in [0.4, 0.5) is 0 Å². The fourth-order valence-electron chi connectivity index (χ4n) is 2.99. The Balaban J connectivity index is 2.24. The van der Waals surface area contributed by atoms with Gasteiger partial charge in [0.2, 0.25) is 5.89 Å². The number of hydrogen-bond donors (Lipinski definition) is 0. The fourth-order valence-corrected chi connectivity index (χ4v) is 2.99. The third kappa shape index (κ3) is 6.35. The Morgan fingerprint density at radius 2 is 1.59 bits per heavy atom. The van der Waals surface area contributed by atoms with Crippen LogP contribution in [0.3, 0.4) is 0 Å². The first-order valence-corrected chi connectivity index (χ1v) is 10.0. The summed E-state index contributed by atoms with van der Waals surface area (Å²) in [5, 5.41) is 4.14. The summed E-state index contributed by atoms with van der Waals surface area (Å²) >= 11 is 0. The minimum atomic E-state index is -0.120. The molecule has 0 amide bonds. The summed E-state index contributed by atoms with van der Waals surface area (Å²) in [4.78, 5) is 6.86. The van der Waals surface area contributed by atoms with Gasteiger partial charge < -0.3 is 18.7 Å². The molecule has 0 unspecified atom stereocenters. The number of aromatic nitrogens is 2. The van der Waals surface area contributed by atoms with Gasteiger partial charge in [0.05, 0.1) is 27.9 Å². The smallest absolute Gasteiger partial charge is 0.240 e. The molecule has 0 fully saturated rings. The van der Waals surface area contributed by atoms with Gasteiger partial charge in [0, 0.05) is 30.1 Å². The second-order valence-corrected chi connectivity index (χ2v) is 8.58. The fraction of sp³-hybridized carbons (Fsp3) is 0.636. The van der Waals surface area contributed by atoms with E-state index in [2.05, 4.69) is 49.7 Å². The van der Waals surface area contributed by atoms with Crippen molar-refractivity contribution in [2.24, 2.45) is 5.92 Å². The van der Waals surface area contributed by atoms with Crippen LogP contribution in [0.25, 0.3) is 0 Å². The predicted molar refractivity (Wildman–Crippen MR) is 113 cm³/mol. The SMILES string of the molecule is COc1cc(OC)c(OC)cc1CN(Cc1nc(CCC(C)C)no1)C(C)(C)C. The monoisotopic (exact) mass is 405 g/mol. The van der Waals surface area contributed by atoms with Gasteiger partial charge in [-0.2, -0.15) is 4.98 Å². The maximum atomic E-state index is 5.60. The summed E-state index contributed by atoms with van der Waals surface area (Å²) in [5.74, 6) is 4.07. The molecule has 0 atom stereocenters. The summed E-state index contributed by atoms with van der Waals surface area (Å²) in [5.41, 5.74) is 0.879. The molecule has 0 saturated carbocycles. The third-order valence-corrected chi connectivity index (χ3v) is 4.88. The third-order valence-electron chi connectivity index (χ3n) is 4.88. The van der Waals surface area contributed by atoms with Crippen molar-refractivity contribution in [1.29, 1.82) is 0 Å². The van der Waals surface area contributed by atoms with E-state index in [0.717, 1.165) is 30.0 Å². The normalized spacial score (nSPS) is 11.9. The number of nitrogens with zero attached hydrogens (tertiary/aromatic N) is 3. The highest BCUT2D eigenvalue weighted by atomic mass is 16.5. The lowest BCUT2D eigenvalue weighted by atomic mass is 10.0. The van der Waals surface area contributed by atoms with Crippen LogP contribution in [-0.2, 0) is 19.5 Å². The summed E-state index contributed by atoms with van der Waals surface area (Å²) in [7, 11) is 4.91. The van der Waals surface area contributed by atoms with Crippen molar-refractivity contribution in [1.82, 2.24) is 15.0 Å². The van der Waals surface area contributed by atoms with E-state index in [9.17, 15) is 0 Å². The lowest BCUT2D eigenvalue weighted by Crippen LogP contribution is -2.40. The quantitative estimate of drug-likeness (QED) is 0.577. The van der Waals surface area contributed by atoms with E-state index >= 15 is 0 Å². The second kappa shape index (κ2) is 9.96. The van der Waals surface area contributed by atoms with Crippen LogP contribution < -0.4 is 14.2 Å². The molecule has 2 rings (SSSR count). The van der Waals surface area contributed by atoms with Gasteiger partial charge in [0.15, 0.2) is 17.3 Å². The highest BCUT2D eigenvalue weighted by molar-refractivity contribution is 5.50. The highest BCUT2D eigenvalue weighted by Gasteiger charge is 2.26. The Morgan fingerprint density at radius 3 is 2.14 bits per heavy atom. The van der Waals surface area contributed by atoms with Gasteiger partial charge in [-0.05, 0) is 39.2 Å². The van der Waals surface area contributed by atoms with Crippen molar-refractivity contribution in [3.63, 3.8) is 0 Å². The second-order valence-electron chi connectivity index (χ2n) is 8.58. The van der Waals surface area contributed by atoms with Gasteiger partial charge in [-0.1, -0.05) is 19.0 Å². The van der Waals surface area contributed by atoms with E-state index in [1.54, 1.807) is 21.3 Å².